The van der Waals surface area contributed by atoms with E-state index in [1.807, 2.05) is 13.8 Å². The highest BCUT2D eigenvalue weighted by Gasteiger charge is 2.69. The van der Waals surface area contributed by atoms with Crippen LogP contribution in [0.2, 0.25) is 0 Å². The molecule has 0 radical (unpaired) electrons. The lowest BCUT2D eigenvalue weighted by molar-refractivity contribution is -0.310. The molecule has 5 fully saturated rings. The predicted molar refractivity (Wildman–Crippen MR) is 162 cm³/mol. The minimum Gasteiger partial charge on any atom is -0.390 e. The summed E-state index contributed by atoms with van der Waals surface area (Å²) in [7, 11) is 0. The van der Waals surface area contributed by atoms with Crippen molar-refractivity contribution in [2.45, 2.75) is 155 Å². The summed E-state index contributed by atoms with van der Waals surface area (Å²) in [6.07, 6.45) is 4.68. The summed E-state index contributed by atoms with van der Waals surface area (Å²) in [5, 5.41) is 52.8. The summed E-state index contributed by atoms with van der Waals surface area (Å²) in [4.78, 5) is 0. The number of hydrogen-bond donors (Lipinski definition) is 5. The van der Waals surface area contributed by atoms with Gasteiger partial charge in [0, 0.05) is 0 Å². The summed E-state index contributed by atoms with van der Waals surface area (Å²) in [5.74, 6) is 1.78. The Morgan fingerprint density at radius 2 is 1.60 bits per heavy atom. The zero-order valence-corrected chi connectivity index (χ0v) is 27.3. The Bertz CT molecular complexity index is 1010. The van der Waals surface area contributed by atoms with Gasteiger partial charge in [0.1, 0.15) is 18.3 Å². The number of hydrogen-bond acceptors (Lipinski definition) is 7. The van der Waals surface area contributed by atoms with Crippen LogP contribution < -0.4 is 0 Å². The fourth-order valence-electron chi connectivity index (χ4n) is 11.6. The molecule has 5 N–H and O–H groups in total. The lowest BCUT2D eigenvalue weighted by atomic mass is 9.35. The highest BCUT2D eigenvalue weighted by molar-refractivity contribution is 5.18. The van der Waals surface area contributed by atoms with Crippen molar-refractivity contribution < 1.29 is 35.0 Å². The normalized spacial score (nSPS) is 50.6. The first-order valence-corrected chi connectivity index (χ1v) is 16.8. The van der Waals surface area contributed by atoms with Gasteiger partial charge in [-0.15, -0.1) is 0 Å². The van der Waals surface area contributed by atoms with E-state index in [0.29, 0.717) is 30.6 Å². The topological polar surface area (TPSA) is 120 Å². The van der Waals surface area contributed by atoms with Crippen LogP contribution in [0.15, 0.2) is 12.2 Å². The summed E-state index contributed by atoms with van der Waals surface area (Å²) in [6, 6.07) is 0. The Kier molecular flexibility index (Phi) is 8.65. The van der Waals surface area contributed by atoms with Crippen LogP contribution in [0.25, 0.3) is 0 Å². The summed E-state index contributed by atoms with van der Waals surface area (Å²) in [6.45, 7) is 20.0. The third kappa shape index (κ3) is 4.96. The van der Waals surface area contributed by atoms with Crippen molar-refractivity contribution in [1.82, 2.24) is 0 Å². The maximum atomic E-state index is 11.8. The number of rotatable bonds is 7. The Morgan fingerprint density at radius 3 is 2.26 bits per heavy atom. The van der Waals surface area contributed by atoms with E-state index in [2.05, 4.69) is 41.2 Å². The molecule has 0 spiro atoms. The van der Waals surface area contributed by atoms with Crippen LogP contribution in [0.4, 0.5) is 0 Å². The predicted octanol–water partition coefficient (Wildman–Crippen LogP) is 4.96. The molecule has 42 heavy (non-hydrogen) atoms. The largest absolute Gasteiger partial charge is 0.390 e. The molecular formula is C35H60O7. The van der Waals surface area contributed by atoms with Crippen molar-refractivity contribution in [3.8, 4) is 0 Å². The van der Waals surface area contributed by atoms with Crippen LogP contribution >= 0.6 is 0 Å². The molecule has 0 unspecified atom stereocenters. The fraction of sp³-hybridized carbons (Fsp3) is 0.943. The smallest absolute Gasteiger partial charge is 0.186 e. The van der Waals surface area contributed by atoms with Gasteiger partial charge in [-0.2, -0.15) is 0 Å². The van der Waals surface area contributed by atoms with Gasteiger partial charge < -0.3 is 35.0 Å². The summed E-state index contributed by atoms with van der Waals surface area (Å²) >= 11 is 0. The second kappa shape index (κ2) is 11.1. The van der Waals surface area contributed by atoms with E-state index in [4.69, 9.17) is 9.47 Å². The first kappa shape index (κ1) is 32.8. The highest BCUT2D eigenvalue weighted by atomic mass is 16.7. The molecule has 7 heteroatoms. The fourth-order valence-corrected chi connectivity index (χ4v) is 11.6. The monoisotopic (exact) mass is 592 g/mol. The Hall–Kier alpha value is -0.540. The molecule has 242 valence electrons. The van der Waals surface area contributed by atoms with Gasteiger partial charge in [-0.25, -0.2) is 0 Å². The van der Waals surface area contributed by atoms with E-state index in [1.165, 1.54) is 6.42 Å². The third-order valence-electron chi connectivity index (χ3n) is 14.4. The molecule has 1 saturated heterocycles. The Morgan fingerprint density at radius 1 is 0.929 bits per heavy atom. The van der Waals surface area contributed by atoms with Gasteiger partial charge in [-0.3, -0.25) is 0 Å². The molecular weight excluding hydrogens is 532 g/mol. The maximum absolute atomic E-state index is 11.8. The van der Waals surface area contributed by atoms with E-state index in [9.17, 15) is 25.5 Å². The molecule has 4 aliphatic carbocycles. The molecule has 0 aromatic heterocycles. The standard InChI is InChI=1S/C35H60O7/c1-20(2)23(36)12-18-35(8,40)22-11-16-33(6)21(22)9-10-26-32(5)15-14-27(31(3,4)25(32)13-17-34(26,33)7)42-30-29(39)28(38)24(37)19-41-30/h21-30,36-40H,1,9-19H2,2-8H3/t21-,22+,23-,24+,25-,26+,27-,28-,29+,30-,32-,33+,34+,35+/m0/s1. The Balaban J connectivity index is 1.33. The molecule has 4 saturated carbocycles. The zero-order chi connectivity index (χ0) is 31.0. The molecule has 0 aromatic rings. The van der Waals surface area contributed by atoms with E-state index in [0.717, 1.165) is 50.5 Å². The summed E-state index contributed by atoms with van der Waals surface area (Å²) < 4.78 is 12.1. The van der Waals surface area contributed by atoms with Gasteiger partial charge in [-0.05, 0) is 123 Å². The van der Waals surface area contributed by atoms with Gasteiger partial charge in [0.25, 0.3) is 0 Å². The number of aliphatic hydroxyl groups excluding tert-OH is 4. The first-order chi connectivity index (χ1) is 19.4. The lowest BCUT2D eigenvalue weighted by Gasteiger charge is -2.70. The van der Waals surface area contributed by atoms with Crippen molar-refractivity contribution in [1.29, 1.82) is 0 Å². The van der Waals surface area contributed by atoms with Crippen LogP contribution in [0.3, 0.4) is 0 Å². The SMILES string of the molecule is C=C(C)[C@@H](O)CC[C@@](C)(O)[C@@H]1CC[C@]2(C)[C@H]1CC[C@@H]1[C@@]3(C)CC[C@H](O[C@@H]4OC[C@@H](O)[C@H](O)[C@H]4O)C(C)(C)[C@@H]3CC[C@]12C. The van der Waals surface area contributed by atoms with E-state index >= 15 is 0 Å². The van der Waals surface area contributed by atoms with E-state index in [-0.39, 0.29) is 40.3 Å². The molecule has 7 nitrogen and oxygen atoms in total. The summed E-state index contributed by atoms with van der Waals surface area (Å²) in [5.41, 5.74) is 0.355. The van der Waals surface area contributed by atoms with Crippen LogP contribution in [-0.4, -0.2) is 74.6 Å². The van der Waals surface area contributed by atoms with Crippen molar-refractivity contribution in [2.24, 2.45) is 45.3 Å². The van der Waals surface area contributed by atoms with Crippen molar-refractivity contribution in [2.75, 3.05) is 6.61 Å². The number of fused-ring (bicyclic) bond motifs is 5. The molecule has 0 aromatic carbocycles. The molecule has 14 atom stereocenters. The van der Waals surface area contributed by atoms with E-state index < -0.39 is 36.3 Å². The molecule has 0 bridgehead atoms. The van der Waals surface area contributed by atoms with E-state index in [1.54, 1.807) is 0 Å². The van der Waals surface area contributed by atoms with Crippen LogP contribution in [-0.2, 0) is 9.47 Å². The van der Waals surface area contributed by atoms with Crippen LogP contribution in [0, 0.1) is 45.3 Å². The van der Waals surface area contributed by atoms with Gasteiger partial charge in [-0.1, -0.05) is 46.8 Å². The number of ether oxygens (including phenoxy) is 2. The van der Waals surface area contributed by atoms with Crippen LogP contribution in [0.5, 0.6) is 0 Å². The highest BCUT2D eigenvalue weighted by Crippen LogP contribution is 2.76. The Labute approximate surface area is 254 Å². The minimum absolute atomic E-state index is 0.0419. The van der Waals surface area contributed by atoms with Crippen LogP contribution in [0.1, 0.15) is 113 Å². The molecule has 1 aliphatic heterocycles. The molecule has 1 heterocycles. The second-order valence-corrected chi connectivity index (χ2v) is 16.8. The van der Waals surface area contributed by atoms with Gasteiger partial charge in [0.15, 0.2) is 6.29 Å². The lowest BCUT2D eigenvalue weighted by Crippen LogP contribution is -2.65. The maximum Gasteiger partial charge on any atom is 0.186 e. The molecule has 5 aliphatic rings. The average molecular weight is 593 g/mol. The minimum atomic E-state index is -1.26. The van der Waals surface area contributed by atoms with Crippen molar-refractivity contribution in [3.63, 3.8) is 0 Å². The van der Waals surface area contributed by atoms with Gasteiger partial charge >= 0.3 is 0 Å². The number of aliphatic hydroxyl groups is 5. The molecule has 5 rings (SSSR count). The quantitative estimate of drug-likeness (QED) is 0.209. The average Bonchev–Trinajstić information content (AvgIpc) is 3.28. The first-order valence-electron chi connectivity index (χ1n) is 16.8. The van der Waals surface area contributed by atoms with Crippen molar-refractivity contribution in [3.05, 3.63) is 12.2 Å². The zero-order valence-electron chi connectivity index (χ0n) is 27.3. The van der Waals surface area contributed by atoms with Gasteiger partial charge in [0.2, 0.25) is 0 Å². The third-order valence-corrected chi connectivity index (χ3v) is 14.4. The molecule has 0 amide bonds. The van der Waals surface area contributed by atoms with Crippen molar-refractivity contribution >= 4 is 0 Å². The second-order valence-electron chi connectivity index (χ2n) is 16.8. The van der Waals surface area contributed by atoms with Gasteiger partial charge in [0.05, 0.1) is 24.4 Å².